The lowest BCUT2D eigenvalue weighted by Gasteiger charge is -2.48. The molecule has 0 saturated carbocycles. The molecule has 2 rings (SSSR count). The highest BCUT2D eigenvalue weighted by molar-refractivity contribution is 5.79. The molecule has 2 saturated heterocycles. The molecule has 0 radical (unpaired) electrons. The van der Waals surface area contributed by atoms with Gasteiger partial charge < -0.3 is 35.1 Å². The minimum Gasteiger partial charge on any atom is -0.382 e. The number of rotatable bonds is 38. The van der Waals surface area contributed by atoms with Crippen molar-refractivity contribution >= 4 is 23.4 Å². The third kappa shape index (κ3) is 22.8. The van der Waals surface area contributed by atoms with Crippen LogP contribution in [0.3, 0.4) is 0 Å². The highest BCUT2D eigenvalue weighted by atomic mass is 16.3. The summed E-state index contributed by atoms with van der Waals surface area (Å²) in [5.41, 5.74) is 0. The summed E-state index contributed by atoms with van der Waals surface area (Å²) < 4.78 is 1.76. The maximum absolute atomic E-state index is 12.7. The molecule has 2 aliphatic rings. The van der Waals surface area contributed by atoms with Crippen molar-refractivity contribution in [2.24, 2.45) is 0 Å². The fourth-order valence-corrected chi connectivity index (χ4v) is 8.54. The van der Waals surface area contributed by atoms with E-state index in [4.69, 9.17) is 0 Å². The lowest BCUT2D eigenvalue weighted by molar-refractivity contribution is -0.971. The molecule has 57 heavy (non-hydrogen) atoms. The highest BCUT2D eigenvalue weighted by Gasteiger charge is 2.43. The first kappa shape index (κ1) is 51.1. The van der Waals surface area contributed by atoms with Gasteiger partial charge in [-0.1, -0.05) is 40.0 Å². The monoisotopic (exact) mass is 810 g/mol. The van der Waals surface area contributed by atoms with E-state index in [2.05, 4.69) is 46.5 Å². The summed E-state index contributed by atoms with van der Waals surface area (Å²) in [5.74, 6) is 0.665. The van der Waals surface area contributed by atoms with Crippen LogP contribution in [0.25, 0.3) is 0 Å². The molecule has 0 aromatic rings. The van der Waals surface area contributed by atoms with Crippen LogP contribution in [0.5, 0.6) is 0 Å². The number of likely N-dealkylation sites (tertiary alicyclic amines) is 2. The third-order valence-corrected chi connectivity index (χ3v) is 12.2. The molecular formula is C44H87N7O6+2. The predicted molar refractivity (Wildman–Crippen MR) is 230 cm³/mol. The maximum atomic E-state index is 12.7. The van der Waals surface area contributed by atoms with Gasteiger partial charge in [0.15, 0.2) is 12.2 Å². The maximum Gasteiger partial charge on any atom is 0.220 e. The van der Waals surface area contributed by atoms with Crippen molar-refractivity contribution in [3.05, 3.63) is 0 Å². The number of nitrogens with one attached hydrogen (secondary N) is 3. The van der Waals surface area contributed by atoms with Gasteiger partial charge in [0.2, 0.25) is 11.8 Å². The van der Waals surface area contributed by atoms with E-state index in [1.807, 2.05) is 7.05 Å². The van der Waals surface area contributed by atoms with Crippen molar-refractivity contribution in [3.8, 4) is 0 Å². The molecule has 0 bridgehead atoms. The molecular weight excluding hydrogens is 723 g/mol. The van der Waals surface area contributed by atoms with E-state index in [1.165, 1.54) is 0 Å². The van der Waals surface area contributed by atoms with Crippen LogP contribution >= 0.6 is 0 Å². The first-order valence-electron chi connectivity index (χ1n) is 23.2. The zero-order valence-corrected chi connectivity index (χ0v) is 37.0. The summed E-state index contributed by atoms with van der Waals surface area (Å²) in [7, 11) is 1.93. The Hall–Kier alpha value is -2.00. The van der Waals surface area contributed by atoms with Crippen molar-refractivity contribution in [2.75, 3.05) is 112 Å². The number of hydrogen-bond donors (Lipinski definition) is 5. The van der Waals surface area contributed by atoms with Gasteiger partial charge in [-0.3, -0.25) is 29.0 Å². The summed E-state index contributed by atoms with van der Waals surface area (Å²) in [6, 6.07) is 0. The average Bonchev–Trinajstić information content (AvgIpc) is 3.16. The molecule has 5 N–H and O–H groups in total. The predicted octanol–water partition coefficient (Wildman–Crippen LogP) is 3.60. The number of aliphatic hydroxyl groups excluding tert-OH is 2. The minimum absolute atomic E-state index is 0.0451. The molecule has 0 aliphatic carbocycles. The van der Waals surface area contributed by atoms with E-state index in [0.717, 1.165) is 178 Å². The van der Waals surface area contributed by atoms with E-state index in [1.54, 1.807) is 0 Å². The average molecular weight is 810 g/mol. The Kier molecular flexibility index (Phi) is 27.0. The van der Waals surface area contributed by atoms with Crippen molar-refractivity contribution in [2.45, 2.75) is 149 Å². The Bertz CT molecular complexity index is 1030. The van der Waals surface area contributed by atoms with Crippen molar-refractivity contribution in [1.29, 1.82) is 0 Å². The van der Waals surface area contributed by atoms with Gasteiger partial charge in [0, 0.05) is 45.1 Å². The number of carbonyl (C=O) groups is 4. The first-order valence-corrected chi connectivity index (χ1v) is 23.2. The van der Waals surface area contributed by atoms with Crippen LogP contribution < -0.4 is 16.0 Å². The number of aliphatic hydroxyl groups is 2. The van der Waals surface area contributed by atoms with Crippen LogP contribution in [0, 0.1) is 0 Å². The topological polar surface area (TPSA) is 151 Å². The molecule has 13 nitrogen and oxygen atoms in total. The zero-order valence-electron chi connectivity index (χ0n) is 37.0. The normalized spacial score (nSPS) is 21.7. The van der Waals surface area contributed by atoms with Crippen LogP contribution in [0.4, 0.5) is 0 Å². The molecule has 13 heteroatoms. The highest BCUT2D eigenvalue weighted by Crippen LogP contribution is 2.22. The third-order valence-electron chi connectivity index (χ3n) is 12.2. The van der Waals surface area contributed by atoms with Gasteiger partial charge in [-0.15, -0.1) is 0 Å². The van der Waals surface area contributed by atoms with E-state index >= 15 is 0 Å². The molecule has 2 aliphatic heterocycles. The van der Waals surface area contributed by atoms with E-state index in [0.29, 0.717) is 51.6 Å². The smallest absolute Gasteiger partial charge is 0.220 e. The standard InChI is InChI=1S/C44H85N7O6/c1-5-8-26-48(28-15-19-39(52)17-11-13-21-43(56)46-24-32-50(30-10-7-3)34-41(54)35-50)38-49(27-9-6-2)29-16-20-40(53)18-12-14-22-44(57)47-25-33-51(31-23-45-4)36-42(55)37-51/h41-42,45,54-55H,5-38H2,1-4H3/p+2. The minimum atomic E-state index is -0.229. The molecule has 2 heterocycles. The molecule has 0 aromatic heterocycles. The van der Waals surface area contributed by atoms with Gasteiger partial charge in [0.25, 0.3) is 0 Å². The van der Waals surface area contributed by atoms with Crippen molar-refractivity contribution in [3.63, 3.8) is 0 Å². The number of unbranched alkanes of at least 4 members (excludes halogenated alkanes) is 5. The molecule has 2 fully saturated rings. The van der Waals surface area contributed by atoms with Crippen LogP contribution in [-0.2, 0) is 19.2 Å². The Morgan fingerprint density at radius 1 is 0.509 bits per heavy atom. The second kappa shape index (κ2) is 30.1. The summed E-state index contributed by atoms with van der Waals surface area (Å²) in [4.78, 5) is 55.2. The Morgan fingerprint density at radius 3 is 1.28 bits per heavy atom. The van der Waals surface area contributed by atoms with Crippen LogP contribution in [0.1, 0.15) is 136 Å². The first-order chi connectivity index (χ1) is 27.5. The van der Waals surface area contributed by atoms with Crippen LogP contribution in [0.2, 0.25) is 0 Å². The number of carbonyl (C=O) groups excluding carboxylic acids is 4. The van der Waals surface area contributed by atoms with Crippen LogP contribution in [0.15, 0.2) is 0 Å². The summed E-state index contributed by atoms with van der Waals surface area (Å²) in [5, 5.41) is 28.9. The van der Waals surface area contributed by atoms with E-state index in [9.17, 15) is 29.4 Å². The molecule has 2 amide bonds. The van der Waals surface area contributed by atoms with Gasteiger partial charge in [-0.05, 0) is 91.0 Å². The van der Waals surface area contributed by atoms with Gasteiger partial charge in [-0.25, -0.2) is 0 Å². The number of nitrogens with zero attached hydrogens (tertiary/aromatic N) is 4. The zero-order chi connectivity index (χ0) is 41.8. The van der Waals surface area contributed by atoms with Gasteiger partial charge >= 0.3 is 0 Å². The lowest BCUT2D eigenvalue weighted by atomic mass is 10.0. The van der Waals surface area contributed by atoms with Gasteiger partial charge in [-0.2, -0.15) is 0 Å². The molecule has 0 aromatic carbocycles. The second-order valence-electron chi connectivity index (χ2n) is 17.6. The SMILES string of the molecule is CCCCN(CCCC(=O)CCCCC(=O)NCC[N+]1(CCCC)CC(O)C1)CN(CCCC)CCCC(=O)CCCCC(=O)NCC[N+]1(CCNC)CC(O)C1. The number of Topliss-reactive ketones (excluding diaryl/α,β-unsaturated/α-hetero) is 2. The van der Waals surface area contributed by atoms with Gasteiger partial charge in [0.05, 0.1) is 45.9 Å². The summed E-state index contributed by atoms with van der Waals surface area (Å²) in [6.45, 7) is 20.3. The molecule has 0 spiro atoms. The number of likely N-dealkylation sites (N-methyl/N-ethyl adjacent to an activating group) is 1. The Morgan fingerprint density at radius 2 is 0.877 bits per heavy atom. The molecule has 332 valence electrons. The largest absolute Gasteiger partial charge is 0.382 e. The van der Waals surface area contributed by atoms with Crippen LogP contribution in [-0.4, -0.2) is 176 Å². The lowest BCUT2D eigenvalue weighted by Crippen LogP contribution is -2.69. The quantitative estimate of drug-likeness (QED) is 0.0358. The fourth-order valence-electron chi connectivity index (χ4n) is 8.54. The number of quaternary nitrogens is 2. The van der Waals surface area contributed by atoms with Crippen molar-refractivity contribution < 1.29 is 38.4 Å². The Balaban J connectivity index is 1.59. The fraction of sp³-hybridized carbons (Fsp3) is 0.909. The molecule has 0 unspecified atom stereocenters. The number of ketones is 2. The van der Waals surface area contributed by atoms with Crippen molar-refractivity contribution in [1.82, 2.24) is 25.8 Å². The Labute approximate surface area is 347 Å². The molecule has 0 atom stereocenters. The summed E-state index contributed by atoms with van der Waals surface area (Å²) >= 11 is 0. The van der Waals surface area contributed by atoms with E-state index in [-0.39, 0.29) is 35.6 Å². The van der Waals surface area contributed by atoms with E-state index < -0.39 is 0 Å². The van der Waals surface area contributed by atoms with Gasteiger partial charge in [0.1, 0.15) is 37.7 Å². The second-order valence-corrected chi connectivity index (χ2v) is 17.6. The number of amides is 2. The number of hydrogen-bond acceptors (Lipinski definition) is 9. The summed E-state index contributed by atoms with van der Waals surface area (Å²) in [6.07, 6.45) is 14.1.